The minimum absolute atomic E-state index is 0. The molecule has 0 saturated carbocycles. The first kappa shape index (κ1) is 21.6. The molecule has 1 heterocycles. The van der Waals surface area contributed by atoms with Gasteiger partial charge in [-0.3, -0.25) is 4.21 Å². The van der Waals surface area contributed by atoms with Crippen molar-refractivity contribution in [1.29, 1.82) is 0 Å². The number of fused-ring (bicyclic) bond motifs is 1. The van der Waals surface area contributed by atoms with Crippen molar-refractivity contribution < 1.29 is 40.4 Å². The summed E-state index contributed by atoms with van der Waals surface area (Å²) < 4.78 is 64.3. The molecule has 1 aromatic carbocycles. The van der Waals surface area contributed by atoms with Crippen molar-refractivity contribution >= 4 is 47.9 Å². The van der Waals surface area contributed by atoms with Crippen molar-refractivity contribution in [2.45, 2.75) is 30.0 Å². The zero-order valence-electron chi connectivity index (χ0n) is 14.3. The van der Waals surface area contributed by atoms with Crippen LogP contribution in [-0.4, -0.2) is 25.9 Å². The van der Waals surface area contributed by atoms with Crippen LogP contribution in [0.25, 0.3) is 10.9 Å². The van der Waals surface area contributed by atoms with Crippen LogP contribution in [0, 0.1) is 5.82 Å². The molecule has 1 aromatic heterocycles. The third kappa shape index (κ3) is 3.30. The fourth-order valence-corrected chi connectivity index (χ4v) is 5.91. The van der Waals surface area contributed by atoms with Crippen LogP contribution in [0.3, 0.4) is 0 Å². The molecule has 5 nitrogen and oxygen atoms in total. The predicted molar refractivity (Wildman–Crippen MR) is 97.2 cm³/mol. The van der Waals surface area contributed by atoms with Gasteiger partial charge in [-0.2, -0.15) is 0 Å². The summed E-state index contributed by atoms with van der Waals surface area (Å²) in [7, 11) is -4.26. The normalized spacial score (nSPS) is 21.7. The molecule has 0 aliphatic heterocycles. The number of allylic oxidation sites excluding steroid dienone is 3. The minimum Gasteiger partial charge on any atom is -0.767 e. The summed E-state index contributed by atoms with van der Waals surface area (Å²) in [6.45, 7) is 3.24. The Morgan fingerprint density at radius 3 is 2.62 bits per heavy atom. The molecule has 0 bridgehead atoms. The summed E-state index contributed by atoms with van der Waals surface area (Å²) in [4.78, 5) is 0. The molecule has 1 aliphatic carbocycles. The van der Waals surface area contributed by atoms with Crippen LogP contribution < -0.4 is 18.9 Å². The van der Waals surface area contributed by atoms with Crippen LogP contribution in [0.5, 0.6) is 0 Å². The van der Waals surface area contributed by atoms with E-state index in [0.717, 1.165) is 16.6 Å². The largest absolute Gasteiger partial charge is 1.00 e. The number of aromatic nitrogens is 1. The smallest absolute Gasteiger partial charge is 0.767 e. The van der Waals surface area contributed by atoms with Crippen molar-refractivity contribution in [2.75, 3.05) is 0 Å². The van der Waals surface area contributed by atoms with Gasteiger partial charge in [0.05, 0.1) is 0 Å². The molecule has 0 saturated heterocycles. The second kappa shape index (κ2) is 7.38. The molecular formula is C16H14BrFLiNO4S2. The molecule has 0 fully saturated rings. The van der Waals surface area contributed by atoms with Crippen molar-refractivity contribution in [3.8, 4) is 0 Å². The van der Waals surface area contributed by atoms with Crippen molar-refractivity contribution in [3.63, 3.8) is 0 Å². The Morgan fingerprint density at radius 2 is 2.04 bits per heavy atom. The third-order valence-electron chi connectivity index (χ3n) is 4.29. The number of benzene rings is 1. The monoisotopic (exact) mass is 453 g/mol. The van der Waals surface area contributed by atoms with Gasteiger partial charge in [-0.15, -0.1) is 0 Å². The number of hydrogen-bond donors (Lipinski definition) is 0. The second-order valence-electron chi connectivity index (χ2n) is 6.06. The van der Waals surface area contributed by atoms with Crippen molar-refractivity contribution in [1.82, 2.24) is 3.97 Å². The van der Waals surface area contributed by atoms with Gasteiger partial charge < -0.3 is 4.55 Å². The van der Waals surface area contributed by atoms with Crippen LogP contribution in [-0.2, 0) is 21.1 Å². The third-order valence-corrected chi connectivity index (χ3v) is 8.32. The van der Waals surface area contributed by atoms with Gasteiger partial charge in [0.25, 0.3) is 0 Å². The number of para-hydroxylation sites is 1. The molecule has 0 spiro atoms. The molecule has 0 N–H and O–H groups in total. The SMILES string of the molecule is CC1=CC(C)(S(=O)(=O)n2c(S(=O)[O-])cc3cccc(F)c32)CC=C1Br.[Li+]. The van der Waals surface area contributed by atoms with Crippen LogP contribution >= 0.6 is 15.9 Å². The van der Waals surface area contributed by atoms with Gasteiger partial charge in [-0.25, -0.2) is 16.8 Å². The first-order valence-electron chi connectivity index (χ1n) is 7.28. The van der Waals surface area contributed by atoms with E-state index in [1.807, 2.05) is 0 Å². The van der Waals surface area contributed by atoms with Gasteiger partial charge in [0, 0.05) is 9.87 Å². The van der Waals surface area contributed by atoms with E-state index in [1.54, 1.807) is 19.1 Å². The first-order valence-corrected chi connectivity index (χ1v) is 10.6. The van der Waals surface area contributed by atoms with Crippen molar-refractivity contribution in [3.05, 3.63) is 52.3 Å². The van der Waals surface area contributed by atoms with E-state index in [-0.39, 0.29) is 36.2 Å². The summed E-state index contributed by atoms with van der Waals surface area (Å²) in [5.41, 5.74) is 0.446. The topological polar surface area (TPSA) is 79.2 Å². The zero-order chi connectivity index (χ0) is 18.6. The van der Waals surface area contributed by atoms with Crippen LogP contribution in [0.1, 0.15) is 20.3 Å². The van der Waals surface area contributed by atoms with Gasteiger partial charge in [0.2, 0.25) is 10.0 Å². The van der Waals surface area contributed by atoms with E-state index in [9.17, 15) is 21.6 Å². The fraction of sp³-hybridized carbons (Fsp3) is 0.250. The minimum atomic E-state index is -4.26. The van der Waals surface area contributed by atoms with E-state index < -0.39 is 36.7 Å². The molecule has 2 unspecified atom stereocenters. The maximum absolute atomic E-state index is 14.4. The summed E-state index contributed by atoms with van der Waals surface area (Å²) in [5.74, 6) is -0.797. The standard InChI is InChI=1S/C16H15BrFNO4S2.Li/c1-10-9-16(2,7-6-12(10)17)25(22,23)19-14(24(20)21)8-11-4-3-5-13(18)15(11)19;/h3-6,8-9H,7H2,1-2H3,(H,20,21);/q;+1/p-1. The van der Waals surface area contributed by atoms with E-state index >= 15 is 0 Å². The molecule has 2 atom stereocenters. The maximum Gasteiger partial charge on any atom is 1.00 e. The average Bonchev–Trinajstić information content (AvgIpc) is 2.93. The van der Waals surface area contributed by atoms with E-state index in [0.29, 0.717) is 9.55 Å². The number of halogens is 2. The molecule has 26 heavy (non-hydrogen) atoms. The molecular weight excluding hydrogens is 440 g/mol. The Hall–Kier alpha value is -0.693. The molecule has 10 heteroatoms. The average molecular weight is 454 g/mol. The number of hydrogen-bond acceptors (Lipinski definition) is 4. The predicted octanol–water partition coefficient (Wildman–Crippen LogP) is 0.588. The van der Waals surface area contributed by atoms with E-state index in [1.165, 1.54) is 19.1 Å². The summed E-state index contributed by atoms with van der Waals surface area (Å²) in [5, 5.41) is -0.277. The molecule has 0 amide bonds. The van der Waals surface area contributed by atoms with Crippen molar-refractivity contribution in [2.24, 2.45) is 0 Å². The van der Waals surface area contributed by atoms with Crippen LogP contribution in [0.2, 0.25) is 0 Å². The number of rotatable bonds is 3. The van der Waals surface area contributed by atoms with Gasteiger partial charge >= 0.3 is 18.9 Å². The Bertz CT molecular complexity index is 1080. The Labute approximate surface area is 174 Å². The number of nitrogens with zero attached hydrogens (tertiary/aromatic N) is 1. The summed E-state index contributed by atoms with van der Waals surface area (Å²) in [6.07, 6.45) is 3.39. The van der Waals surface area contributed by atoms with Gasteiger partial charge in [0.15, 0.2) is 0 Å². The summed E-state index contributed by atoms with van der Waals surface area (Å²) >= 11 is 0.498. The Morgan fingerprint density at radius 1 is 1.38 bits per heavy atom. The van der Waals surface area contributed by atoms with E-state index in [4.69, 9.17) is 0 Å². The molecule has 2 aromatic rings. The fourth-order valence-electron chi connectivity index (χ4n) is 2.95. The zero-order valence-corrected chi connectivity index (χ0v) is 17.5. The van der Waals surface area contributed by atoms with Gasteiger partial charge in [-0.1, -0.05) is 40.2 Å². The molecule has 3 rings (SSSR count). The van der Waals surface area contributed by atoms with Crippen LogP contribution in [0.4, 0.5) is 4.39 Å². The Balaban J connectivity index is 0.00000243. The van der Waals surface area contributed by atoms with E-state index in [2.05, 4.69) is 15.9 Å². The molecule has 1 aliphatic rings. The molecule has 0 radical (unpaired) electrons. The van der Waals surface area contributed by atoms with Crippen LogP contribution in [0.15, 0.2) is 51.5 Å². The second-order valence-corrected chi connectivity index (χ2v) is 10.1. The van der Waals surface area contributed by atoms with Gasteiger partial charge in [-0.05, 0) is 49.1 Å². The molecule has 134 valence electrons. The van der Waals surface area contributed by atoms with Gasteiger partial charge in [0.1, 0.15) is 21.1 Å². The Kier molecular flexibility index (Phi) is 6.13. The maximum atomic E-state index is 14.4. The quantitative estimate of drug-likeness (QED) is 0.503. The summed E-state index contributed by atoms with van der Waals surface area (Å²) in [6, 6.07) is 5.14. The first-order chi connectivity index (χ1) is 11.6.